The second-order valence-electron chi connectivity index (χ2n) is 7.68. The molecule has 1 aliphatic heterocycles. The number of nitrogens with zero attached hydrogens (tertiary/aromatic N) is 3. The molecular weight excluding hydrogens is 412 g/mol. The minimum absolute atomic E-state index is 0.0134. The first kappa shape index (κ1) is 21.1. The van der Waals surface area contributed by atoms with Gasteiger partial charge in [-0.25, -0.2) is 9.97 Å². The number of methoxy groups -OCH3 is 1. The van der Waals surface area contributed by atoms with E-state index in [-0.39, 0.29) is 11.8 Å². The van der Waals surface area contributed by atoms with Crippen LogP contribution in [0.3, 0.4) is 0 Å². The first-order valence-corrected chi connectivity index (χ1v) is 10.7. The largest absolute Gasteiger partial charge is 0.497 e. The maximum absolute atomic E-state index is 12.9. The van der Waals surface area contributed by atoms with Gasteiger partial charge in [0, 0.05) is 35.4 Å². The van der Waals surface area contributed by atoms with Crippen LogP contribution in [0, 0.1) is 12.8 Å². The van der Waals surface area contributed by atoms with Crippen LogP contribution in [0.1, 0.15) is 18.4 Å². The van der Waals surface area contributed by atoms with Gasteiger partial charge in [-0.15, -0.1) is 0 Å². The average Bonchev–Trinajstić information content (AvgIpc) is 2.82. The van der Waals surface area contributed by atoms with E-state index in [0.717, 1.165) is 53.5 Å². The van der Waals surface area contributed by atoms with Gasteiger partial charge in [-0.2, -0.15) is 0 Å². The molecule has 7 heteroatoms. The Morgan fingerprint density at radius 3 is 2.77 bits per heavy atom. The fourth-order valence-electron chi connectivity index (χ4n) is 3.82. The summed E-state index contributed by atoms with van der Waals surface area (Å²) in [4.78, 5) is 24.0. The van der Waals surface area contributed by atoms with Gasteiger partial charge >= 0.3 is 0 Å². The van der Waals surface area contributed by atoms with E-state index in [9.17, 15) is 4.79 Å². The predicted molar refractivity (Wildman–Crippen MR) is 124 cm³/mol. The minimum atomic E-state index is -0.119. The molecule has 1 saturated heterocycles. The highest BCUT2D eigenvalue weighted by Crippen LogP contribution is 2.28. The molecule has 6 nitrogen and oxygen atoms in total. The van der Waals surface area contributed by atoms with Crippen LogP contribution in [0.2, 0.25) is 5.02 Å². The van der Waals surface area contributed by atoms with Crippen molar-refractivity contribution in [3.8, 4) is 17.0 Å². The molecule has 0 aliphatic carbocycles. The molecule has 2 heterocycles. The van der Waals surface area contributed by atoms with E-state index in [1.165, 1.54) is 0 Å². The van der Waals surface area contributed by atoms with Crippen LogP contribution in [-0.4, -0.2) is 36.1 Å². The quantitative estimate of drug-likeness (QED) is 0.611. The van der Waals surface area contributed by atoms with Gasteiger partial charge in [0.1, 0.15) is 17.9 Å². The number of piperidine rings is 1. The Bertz CT molecular complexity index is 1070. The second kappa shape index (κ2) is 9.35. The molecule has 1 N–H and O–H groups in total. The second-order valence-corrected chi connectivity index (χ2v) is 8.08. The van der Waals surface area contributed by atoms with Gasteiger partial charge < -0.3 is 15.0 Å². The Morgan fingerprint density at radius 1 is 1.19 bits per heavy atom. The number of benzene rings is 2. The number of amides is 1. The van der Waals surface area contributed by atoms with E-state index >= 15 is 0 Å². The van der Waals surface area contributed by atoms with Crippen LogP contribution in [-0.2, 0) is 4.79 Å². The zero-order valence-corrected chi connectivity index (χ0v) is 18.4. The molecule has 1 fully saturated rings. The zero-order valence-electron chi connectivity index (χ0n) is 17.6. The van der Waals surface area contributed by atoms with Gasteiger partial charge in [-0.3, -0.25) is 4.79 Å². The van der Waals surface area contributed by atoms with Crippen molar-refractivity contribution in [3.05, 3.63) is 65.4 Å². The van der Waals surface area contributed by atoms with Crippen molar-refractivity contribution in [2.45, 2.75) is 19.8 Å². The van der Waals surface area contributed by atoms with E-state index in [1.54, 1.807) is 13.4 Å². The van der Waals surface area contributed by atoms with Crippen LogP contribution in [0.5, 0.6) is 5.75 Å². The molecule has 0 saturated carbocycles. The van der Waals surface area contributed by atoms with Gasteiger partial charge in [0.15, 0.2) is 0 Å². The highest BCUT2D eigenvalue weighted by atomic mass is 35.5. The number of anilines is 2. The fourth-order valence-corrected chi connectivity index (χ4v) is 3.99. The number of halogens is 1. The van der Waals surface area contributed by atoms with E-state index in [2.05, 4.69) is 20.2 Å². The van der Waals surface area contributed by atoms with E-state index in [4.69, 9.17) is 16.3 Å². The highest BCUT2D eigenvalue weighted by molar-refractivity contribution is 6.31. The van der Waals surface area contributed by atoms with Gasteiger partial charge in [0.25, 0.3) is 0 Å². The maximum atomic E-state index is 12.9. The van der Waals surface area contributed by atoms with E-state index in [0.29, 0.717) is 11.6 Å². The summed E-state index contributed by atoms with van der Waals surface area (Å²) in [6, 6.07) is 15.3. The molecule has 1 amide bonds. The summed E-state index contributed by atoms with van der Waals surface area (Å²) >= 11 is 6.19. The van der Waals surface area contributed by atoms with Gasteiger partial charge in [0.05, 0.1) is 18.7 Å². The smallest absolute Gasteiger partial charge is 0.229 e. The molecule has 3 aromatic rings. The molecule has 0 radical (unpaired) electrons. The van der Waals surface area contributed by atoms with Gasteiger partial charge in [0.2, 0.25) is 5.91 Å². The first-order chi connectivity index (χ1) is 15.0. The standard InChI is InChI=1S/C24H25ClN4O2/c1-16-20(25)6-3-7-21(16)28-24(30)18-5-4-12-29(14-18)23-13-22(26-15-27-23)17-8-10-19(31-2)11-9-17/h3,6-11,13,15,18H,4-5,12,14H2,1-2H3,(H,28,30). The number of rotatable bonds is 5. The van der Waals surface area contributed by atoms with Crippen LogP contribution < -0.4 is 15.0 Å². The molecule has 1 unspecified atom stereocenters. The normalized spacial score (nSPS) is 16.1. The van der Waals surface area contributed by atoms with Gasteiger partial charge in [-0.05, 0) is 61.7 Å². The van der Waals surface area contributed by atoms with Crippen molar-refractivity contribution < 1.29 is 9.53 Å². The SMILES string of the molecule is COc1ccc(-c2cc(N3CCCC(C(=O)Nc4cccc(Cl)c4C)C3)ncn2)cc1. The number of hydrogen-bond acceptors (Lipinski definition) is 5. The van der Waals surface area contributed by atoms with Crippen molar-refractivity contribution in [1.29, 1.82) is 0 Å². The van der Waals surface area contributed by atoms with E-state index in [1.807, 2.05) is 55.5 Å². The molecule has 4 rings (SSSR count). The highest BCUT2D eigenvalue weighted by Gasteiger charge is 2.27. The molecule has 1 aromatic heterocycles. The number of hydrogen-bond donors (Lipinski definition) is 1. The maximum Gasteiger partial charge on any atom is 0.229 e. The van der Waals surface area contributed by atoms with Crippen LogP contribution >= 0.6 is 11.6 Å². The van der Waals surface area contributed by atoms with Gasteiger partial charge in [-0.1, -0.05) is 17.7 Å². The fraction of sp³-hybridized carbons (Fsp3) is 0.292. The van der Waals surface area contributed by atoms with Crippen molar-refractivity contribution >= 4 is 29.0 Å². The molecule has 1 aliphatic rings. The molecule has 160 valence electrons. The lowest BCUT2D eigenvalue weighted by Gasteiger charge is -2.33. The third-order valence-electron chi connectivity index (χ3n) is 5.68. The number of nitrogens with one attached hydrogen (secondary N) is 1. The summed E-state index contributed by atoms with van der Waals surface area (Å²) in [6.07, 6.45) is 3.35. The molecule has 1 atom stereocenters. The third-order valence-corrected chi connectivity index (χ3v) is 6.09. The summed E-state index contributed by atoms with van der Waals surface area (Å²) in [5, 5.41) is 3.69. The Labute approximate surface area is 187 Å². The Morgan fingerprint density at radius 2 is 2.00 bits per heavy atom. The topological polar surface area (TPSA) is 67.3 Å². The van der Waals surface area contributed by atoms with Crippen molar-refractivity contribution in [2.75, 3.05) is 30.4 Å². The lowest BCUT2D eigenvalue weighted by atomic mass is 9.96. The predicted octanol–water partition coefficient (Wildman–Crippen LogP) is 4.97. The van der Waals surface area contributed by atoms with E-state index < -0.39 is 0 Å². The Kier molecular flexibility index (Phi) is 6.37. The van der Waals surface area contributed by atoms with Crippen molar-refractivity contribution in [3.63, 3.8) is 0 Å². The summed E-state index contributed by atoms with van der Waals surface area (Å²) in [7, 11) is 1.65. The van der Waals surface area contributed by atoms with Crippen molar-refractivity contribution in [2.24, 2.45) is 5.92 Å². The summed E-state index contributed by atoms with van der Waals surface area (Å²) in [5.41, 5.74) is 3.48. The Balaban J connectivity index is 1.48. The monoisotopic (exact) mass is 436 g/mol. The zero-order chi connectivity index (χ0) is 21.8. The summed E-state index contributed by atoms with van der Waals surface area (Å²) < 4.78 is 5.23. The summed E-state index contributed by atoms with van der Waals surface area (Å²) in [5.74, 6) is 1.53. The third kappa shape index (κ3) is 4.80. The molecular formula is C24H25ClN4O2. The molecule has 0 bridgehead atoms. The molecule has 31 heavy (non-hydrogen) atoms. The minimum Gasteiger partial charge on any atom is -0.497 e. The molecule has 0 spiro atoms. The number of aromatic nitrogens is 2. The average molecular weight is 437 g/mol. The molecule has 2 aromatic carbocycles. The number of carbonyl (C=O) groups excluding carboxylic acids is 1. The Hall–Kier alpha value is -3.12. The first-order valence-electron chi connectivity index (χ1n) is 10.3. The number of ether oxygens (including phenoxy) is 1. The number of carbonyl (C=O) groups is 1. The van der Waals surface area contributed by atoms with Crippen LogP contribution in [0.15, 0.2) is 54.9 Å². The summed E-state index contributed by atoms with van der Waals surface area (Å²) in [6.45, 7) is 3.39. The van der Waals surface area contributed by atoms with Crippen molar-refractivity contribution in [1.82, 2.24) is 9.97 Å². The lowest BCUT2D eigenvalue weighted by molar-refractivity contribution is -0.120. The van der Waals surface area contributed by atoms with Crippen LogP contribution in [0.25, 0.3) is 11.3 Å². The lowest BCUT2D eigenvalue weighted by Crippen LogP contribution is -2.41. The van der Waals surface area contributed by atoms with Crippen LogP contribution in [0.4, 0.5) is 11.5 Å².